The number of hydrogen-bond acceptors (Lipinski definition) is 10. The van der Waals surface area contributed by atoms with Gasteiger partial charge in [-0.05, 0) is 65.2 Å². The van der Waals surface area contributed by atoms with Crippen LogP contribution in [0.2, 0.25) is 0 Å². The third-order valence-corrected chi connectivity index (χ3v) is 7.72. The van der Waals surface area contributed by atoms with Crippen molar-refractivity contribution in [2.24, 2.45) is 5.73 Å². The van der Waals surface area contributed by atoms with Crippen LogP contribution in [0.5, 0.6) is 23.0 Å². The van der Waals surface area contributed by atoms with Gasteiger partial charge in [-0.2, -0.15) is 5.26 Å². The Morgan fingerprint density at radius 1 is 0.896 bits per heavy atom. The van der Waals surface area contributed by atoms with Gasteiger partial charge in [0.1, 0.15) is 5.82 Å². The first-order chi connectivity index (χ1) is 23.2. The van der Waals surface area contributed by atoms with Crippen LogP contribution in [-0.4, -0.2) is 35.1 Å². The molecule has 0 aromatic heterocycles. The van der Waals surface area contributed by atoms with Gasteiger partial charge in [-0.25, -0.2) is 0 Å². The molecule has 1 heterocycles. The zero-order valence-electron chi connectivity index (χ0n) is 25.9. The summed E-state index contributed by atoms with van der Waals surface area (Å²) < 4.78 is 10.5. The van der Waals surface area contributed by atoms with Crippen molar-refractivity contribution in [1.29, 1.82) is 5.26 Å². The molecule has 11 heteroatoms. The number of rotatable bonds is 10. The first-order valence-electron chi connectivity index (χ1n) is 14.5. The quantitative estimate of drug-likeness (QED) is 0.0976. The van der Waals surface area contributed by atoms with E-state index in [1.807, 2.05) is 6.07 Å². The number of anilines is 1. The van der Waals surface area contributed by atoms with Crippen LogP contribution in [0.25, 0.3) is 12.2 Å². The lowest BCUT2D eigenvalue weighted by Gasteiger charge is -2.36. The lowest BCUT2D eigenvalue weighted by molar-refractivity contribution is -0.384. The molecule has 0 aliphatic carbocycles. The number of nitro groups is 1. The van der Waals surface area contributed by atoms with Gasteiger partial charge in [0.25, 0.3) is 5.69 Å². The summed E-state index contributed by atoms with van der Waals surface area (Å²) in [6.45, 7) is 0. The summed E-state index contributed by atoms with van der Waals surface area (Å²) in [6.07, 6.45) is 6.29. The van der Waals surface area contributed by atoms with Gasteiger partial charge in [-0.3, -0.25) is 19.8 Å². The van der Waals surface area contributed by atoms with Gasteiger partial charge in [0.2, 0.25) is 0 Å². The molecular formula is C37H30N4O7. The van der Waals surface area contributed by atoms with E-state index < -0.39 is 16.6 Å². The number of ether oxygens (including phenoxy) is 2. The van der Waals surface area contributed by atoms with Crippen molar-refractivity contribution in [3.63, 3.8) is 0 Å². The second kappa shape index (κ2) is 14.1. The van der Waals surface area contributed by atoms with E-state index in [9.17, 15) is 30.4 Å². The van der Waals surface area contributed by atoms with Gasteiger partial charge < -0.3 is 25.4 Å². The SMILES string of the molecule is COc1cc(C=CC(=O)C2=C(C=Cc3ccc(O)c(OC)c3)N(c3ccccc3)C(N)=C(C#N)C2c2ccc([N+](=O)[O-])cc2)ccc1O. The Kier molecular flexibility index (Phi) is 9.57. The summed E-state index contributed by atoms with van der Waals surface area (Å²) in [4.78, 5) is 27.0. The third kappa shape index (κ3) is 6.59. The molecule has 1 aliphatic heterocycles. The zero-order chi connectivity index (χ0) is 34.4. The molecule has 0 saturated heterocycles. The fourth-order valence-electron chi connectivity index (χ4n) is 5.38. The minimum atomic E-state index is -1.00. The molecule has 5 rings (SSSR count). The first kappa shape index (κ1) is 32.6. The minimum Gasteiger partial charge on any atom is -0.504 e. The highest BCUT2D eigenvalue weighted by atomic mass is 16.6. The predicted octanol–water partition coefficient (Wildman–Crippen LogP) is 6.57. The fraction of sp³-hybridized carbons (Fsp3) is 0.0811. The van der Waals surface area contributed by atoms with Crippen molar-refractivity contribution in [1.82, 2.24) is 0 Å². The molecule has 0 fully saturated rings. The van der Waals surface area contributed by atoms with Gasteiger partial charge in [0.15, 0.2) is 28.8 Å². The number of carbonyl (C=O) groups is 1. The number of carbonyl (C=O) groups excluding carboxylic acids is 1. The zero-order valence-corrected chi connectivity index (χ0v) is 25.9. The highest BCUT2D eigenvalue weighted by Gasteiger charge is 2.38. The molecule has 0 spiro atoms. The van der Waals surface area contributed by atoms with E-state index in [0.29, 0.717) is 28.1 Å². The summed E-state index contributed by atoms with van der Waals surface area (Å²) in [5.74, 6) is -1.06. The molecule has 4 aromatic carbocycles. The van der Waals surface area contributed by atoms with Crippen LogP contribution in [-0.2, 0) is 4.79 Å². The minimum absolute atomic E-state index is 0.0478. The molecule has 4 aromatic rings. The maximum absolute atomic E-state index is 14.4. The number of allylic oxidation sites excluding steroid dienone is 4. The average Bonchev–Trinajstić information content (AvgIpc) is 3.10. The van der Waals surface area contributed by atoms with Crippen LogP contribution < -0.4 is 20.1 Å². The van der Waals surface area contributed by atoms with E-state index in [4.69, 9.17) is 15.2 Å². The average molecular weight is 643 g/mol. The molecule has 48 heavy (non-hydrogen) atoms. The second-order valence-electron chi connectivity index (χ2n) is 10.6. The Bertz CT molecular complexity index is 2040. The molecule has 1 atom stereocenters. The van der Waals surface area contributed by atoms with Crippen LogP contribution in [0.4, 0.5) is 11.4 Å². The van der Waals surface area contributed by atoms with Crippen molar-refractivity contribution in [2.45, 2.75) is 5.92 Å². The number of hydrogen-bond donors (Lipinski definition) is 3. The summed E-state index contributed by atoms with van der Waals surface area (Å²) >= 11 is 0. The topological polar surface area (TPSA) is 172 Å². The molecule has 0 amide bonds. The van der Waals surface area contributed by atoms with Gasteiger partial charge in [-0.1, -0.05) is 54.6 Å². The van der Waals surface area contributed by atoms with Crippen LogP contribution in [0.3, 0.4) is 0 Å². The molecule has 4 N–H and O–H groups in total. The third-order valence-electron chi connectivity index (χ3n) is 7.72. The molecule has 0 radical (unpaired) electrons. The Hall–Kier alpha value is -6.80. The lowest BCUT2D eigenvalue weighted by atomic mass is 9.78. The molecule has 11 nitrogen and oxygen atoms in total. The van der Waals surface area contributed by atoms with E-state index in [1.165, 1.54) is 56.7 Å². The standard InChI is InChI=1S/C37H30N4O7/c1-47-33-20-23(9-17-30(33)42)8-16-29-36(32(44)19-11-24-10-18-31(43)34(21-24)48-2)35(25-12-14-27(15-13-25)41(45)46)28(22-38)37(39)40(29)26-6-4-3-5-7-26/h3-21,35,42-43H,39H2,1-2H3. The summed E-state index contributed by atoms with van der Waals surface area (Å²) in [5, 5.41) is 42.1. The number of phenols is 2. The van der Waals surface area contributed by atoms with Crippen molar-refractivity contribution in [3.8, 4) is 29.1 Å². The molecule has 0 saturated carbocycles. The number of ketones is 1. The number of benzene rings is 4. The Labute approximate surface area is 276 Å². The van der Waals surface area contributed by atoms with E-state index >= 15 is 0 Å². The van der Waals surface area contributed by atoms with Gasteiger partial charge in [-0.15, -0.1) is 0 Å². The van der Waals surface area contributed by atoms with Crippen LogP contribution in [0, 0.1) is 21.4 Å². The van der Waals surface area contributed by atoms with E-state index in [0.717, 1.165) is 0 Å². The highest BCUT2D eigenvalue weighted by Crippen LogP contribution is 2.44. The lowest BCUT2D eigenvalue weighted by Crippen LogP contribution is -2.36. The van der Waals surface area contributed by atoms with Gasteiger partial charge in [0, 0.05) is 23.4 Å². The molecule has 240 valence electrons. The van der Waals surface area contributed by atoms with Crippen molar-refractivity contribution < 1.29 is 29.4 Å². The highest BCUT2D eigenvalue weighted by molar-refractivity contribution is 6.10. The number of phenolic OH excluding ortho intramolecular Hbond substituents is 2. The number of non-ortho nitro benzene ring substituents is 1. The van der Waals surface area contributed by atoms with Gasteiger partial charge >= 0.3 is 0 Å². The molecule has 1 unspecified atom stereocenters. The number of aromatic hydroxyl groups is 2. The summed E-state index contributed by atoms with van der Waals surface area (Å²) in [7, 11) is 2.84. The van der Waals surface area contributed by atoms with E-state index in [-0.39, 0.29) is 45.7 Å². The molecular weight excluding hydrogens is 612 g/mol. The van der Waals surface area contributed by atoms with Crippen molar-refractivity contribution in [2.75, 3.05) is 19.1 Å². The number of nitriles is 1. The predicted molar refractivity (Wildman–Crippen MR) is 181 cm³/mol. The first-order valence-corrected chi connectivity index (χ1v) is 14.5. The van der Waals surface area contributed by atoms with Crippen LogP contribution in [0.15, 0.2) is 126 Å². The largest absolute Gasteiger partial charge is 0.504 e. The molecule has 1 aliphatic rings. The maximum atomic E-state index is 14.4. The van der Waals surface area contributed by atoms with Crippen LogP contribution >= 0.6 is 0 Å². The monoisotopic (exact) mass is 642 g/mol. The number of nitro benzene ring substituents is 1. The number of methoxy groups -OCH3 is 2. The Morgan fingerprint density at radius 3 is 2.02 bits per heavy atom. The smallest absolute Gasteiger partial charge is 0.269 e. The Morgan fingerprint density at radius 2 is 1.48 bits per heavy atom. The number of nitrogens with zero attached hydrogens (tertiary/aromatic N) is 3. The fourth-order valence-corrected chi connectivity index (χ4v) is 5.38. The number of nitrogens with two attached hydrogens (primary N) is 1. The van der Waals surface area contributed by atoms with Crippen molar-refractivity contribution >= 4 is 29.3 Å². The van der Waals surface area contributed by atoms with Gasteiger partial charge in [0.05, 0.1) is 42.4 Å². The Balaban J connectivity index is 1.77. The maximum Gasteiger partial charge on any atom is 0.269 e. The summed E-state index contributed by atoms with van der Waals surface area (Å²) in [5.41, 5.74) is 9.38. The van der Waals surface area contributed by atoms with E-state index in [1.54, 1.807) is 71.7 Å². The van der Waals surface area contributed by atoms with E-state index in [2.05, 4.69) is 6.07 Å². The summed E-state index contributed by atoms with van der Waals surface area (Å²) in [6, 6.07) is 26.2. The van der Waals surface area contributed by atoms with Crippen LogP contribution in [0.1, 0.15) is 22.6 Å². The number of para-hydroxylation sites is 1. The second-order valence-corrected chi connectivity index (χ2v) is 10.6. The van der Waals surface area contributed by atoms with Crippen molar-refractivity contribution in [3.05, 3.63) is 153 Å². The normalized spacial score (nSPS) is 14.8. The molecule has 0 bridgehead atoms.